The van der Waals surface area contributed by atoms with Crippen LogP contribution in [0.2, 0.25) is 0 Å². The minimum absolute atomic E-state index is 0.114. The number of nitrogens with one attached hydrogen (secondary N) is 2. The summed E-state index contributed by atoms with van der Waals surface area (Å²) in [5.74, 6) is -1.52. The second-order valence-electron chi connectivity index (χ2n) is 3.14. The topological polar surface area (TPSA) is 140 Å². The van der Waals surface area contributed by atoms with Crippen molar-refractivity contribution in [2.45, 2.75) is 12.6 Å². The zero-order chi connectivity index (χ0) is 12.8. The molecule has 0 fully saturated rings. The maximum atomic E-state index is 11.3. The van der Waals surface area contributed by atoms with Gasteiger partial charge >= 0.3 is 6.03 Å². The Kier molecular flexibility index (Phi) is 4.09. The monoisotopic (exact) mass is 240 g/mol. The fourth-order valence-electron chi connectivity index (χ4n) is 1.05. The number of amides is 4. The Hall–Kier alpha value is -2.51. The van der Waals surface area contributed by atoms with E-state index >= 15 is 0 Å². The first-order chi connectivity index (χ1) is 8.00. The molecule has 4 amide bonds. The molecule has 0 bridgehead atoms. The van der Waals surface area contributed by atoms with Gasteiger partial charge in [0.25, 0.3) is 0 Å². The van der Waals surface area contributed by atoms with E-state index in [4.69, 9.17) is 15.9 Å². The Balaban J connectivity index is 2.43. The van der Waals surface area contributed by atoms with Crippen molar-refractivity contribution < 1.29 is 18.8 Å². The van der Waals surface area contributed by atoms with Gasteiger partial charge in [-0.3, -0.25) is 9.59 Å². The van der Waals surface area contributed by atoms with Crippen LogP contribution in [0.4, 0.5) is 4.79 Å². The van der Waals surface area contributed by atoms with Crippen LogP contribution < -0.4 is 22.1 Å². The van der Waals surface area contributed by atoms with Gasteiger partial charge in [0.15, 0.2) is 6.04 Å². The maximum absolute atomic E-state index is 11.3. The highest BCUT2D eigenvalue weighted by atomic mass is 16.3. The molecule has 1 aromatic heterocycles. The molecule has 0 atom stereocenters. The number of nitrogens with two attached hydrogens (primary N) is 2. The summed E-state index contributed by atoms with van der Waals surface area (Å²) >= 11 is 0. The zero-order valence-corrected chi connectivity index (χ0v) is 8.80. The van der Waals surface area contributed by atoms with Crippen molar-refractivity contribution in [2.75, 3.05) is 0 Å². The van der Waals surface area contributed by atoms with E-state index in [9.17, 15) is 14.4 Å². The van der Waals surface area contributed by atoms with E-state index < -0.39 is 23.9 Å². The molecule has 17 heavy (non-hydrogen) atoms. The van der Waals surface area contributed by atoms with E-state index in [1.807, 2.05) is 5.32 Å². The van der Waals surface area contributed by atoms with E-state index in [1.54, 1.807) is 12.1 Å². The van der Waals surface area contributed by atoms with E-state index in [0.29, 0.717) is 5.76 Å². The first kappa shape index (κ1) is 12.6. The molecule has 0 saturated heterocycles. The van der Waals surface area contributed by atoms with Gasteiger partial charge in [-0.05, 0) is 12.1 Å². The third-order valence-electron chi connectivity index (χ3n) is 1.85. The molecular formula is C9H12N4O4. The molecule has 0 aliphatic rings. The number of hydrogen-bond acceptors (Lipinski definition) is 4. The molecule has 1 heterocycles. The van der Waals surface area contributed by atoms with Crippen LogP contribution in [0.15, 0.2) is 22.8 Å². The standard InChI is InChI=1S/C9H12N4O4/c10-7(14)6(8(11)15)13-9(16)12-4-5-2-1-3-17-5/h1-3,6H,4H2,(H2,10,14)(H2,11,15)(H2,12,13,16). The fraction of sp³-hybridized carbons (Fsp3) is 0.222. The predicted molar refractivity (Wildman–Crippen MR) is 56.3 cm³/mol. The van der Waals surface area contributed by atoms with Crippen molar-refractivity contribution in [1.29, 1.82) is 0 Å². The fourth-order valence-corrected chi connectivity index (χ4v) is 1.05. The lowest BCUT2D eigenvalue weighted by atomic mass is 10.3. The third kappa shape index (κ3) is 3.86. The van der Waals surface area contributed by atoms with Crippen molar-refractivity contribution in [3.8, 4) is 0 Å². The van der Waals surface area contributed by atoms with Gasteiger partial charge in [-0.25, -0.2) is 4.79 Å². The molecule has 0 radical (unpaired) electrons. The van der Waals surface area contributed by atoms with Crippen molar-refractivity contribution in [3.63, 3.8) is 0 Å². The molecule has 6 N–H and O–H groups in total. The lowest BCUT2D eigenvalue weighted by Gasteiger charge is -2.12. The highest BCUT2D eigenvalue weighted by molar-refractivity contribution is 6.05. The molecule has 0 unspecified atom stereocenters. The number of urea groups is 1. The minimum atomic E-state index is -1.54. The lowest BCUT2D eigenvalue weighted by Crippen LogP contribution is -2.54. The lowest BCUT2D eigenvalue weighted by molar-refractivity contribution is -0.128. The molecule has 1 rings (SSSR count). The molecule has 8 heteroatoms. The Bertz CT molecular complexity index is 401. The highest BCUT2D eigenvalue weighted by Crippen LogP contribution is 1.98. The van der Waals surface area contributed by atoms with Crippen molar-refractivity contribution in [3.05, 3.63) is 24.2 Å². The summed E-state index contributed by atoms with van der Waals surface area (Å²) in [6, 6.07) is 1.03. The van der Waals surface area contributed by atoms with Crippen LogP contribution in [0.1, 0.15) is 5.76 Å². The maximum Gasteiger partial charge on any atom is 0.316 e. The summed E-state index contributed by atoms with van der Waals surface area (Å²) in [4.78, 5) is 32.8. The number of rotatable bonds is 5. The summed E-state index contributed by atoms with van der Waals surface area (Å²) in [5.41, 5.74) is 9.75. The second kappa shape index (κ2) is 5.54. The summed E-state index contributed by atoms with van der Waals surface area (Å²) < 4.78 is 4.96. The van der Waals surface area contributed by atoms with Gasteiger partial charge in [0.05, 0.1) is 12.8 Å². The van der Waals surface area contributed by atoms with Gasteiger partial charge in [-0.2, -0.15) is 0 Å². The van der Waals surface area contributed by atoms with Crippen LogP contribution in [0.5, 0.6) is 0 Å². The number of primary amides is 2. The van der Waals surface area contributed by atoms with Gasteiger partial charge in [0.1, 0.15) is 5.76 Å². The Labute approximate surface area is 96.3 Å². The molecule has 0 aliphatic heterocycles. The van der Waals surface area contributed by atoms with Gasteiger partial charge in [0.2, 0.25) is 11.8 Å². The number of carbonyl (C=O) groups excluding carboxylic acids is 3. The molecule has 0 spiro atoms. The quantitative estimate of drug-likeness (QED) is 0.461. The van der Waals surface area contributed by atoms with E-state index in [-0.39, 0.29) is 6.54 Å². The summed E-state index contributed by atoms with van der Waals surface area (Å²) in [6.07, 6.45) is 1.45. The molecule has 92 valence electrons. The normalized spacial score (nSPS) is 9.94. The highest BCUT2D eigenvalue weighted by Gasteiger charge is 2.23. The van der Waals surface area contributed by atoms with Crippen LogP contribution >= 0.6 is 0 Å². The van der Waals surface area contributed by atoms with Crippen molar-refractivity contribution >= 4 is 17.8 Å². The molecule has 1 aromatic rings. The molecule has 0 saturated carbocycles. The summed E-state index contributed by atoms with van der Waals surface area (Å²) in [7, 11) is 0. The zero-order valence-electron chi connectivity index (χ0n) is 8.80. The molecule has 8 nitrogen and oxygen atoms in total. The first-order valence-electron chi connectivity index (χ1n) is 4.66. The summed E-state index contributed by atoms with van der Waals surface area (Å²) in [5, 5.41) is 4.40. The molecule has 0 aliphatic carbocycles. The first-order valence-corrected chi connectivity index (χ1v) is 4.66. The van der Waals surface area contributed by atoms with Gasteiger partial charge < -0.3 is 26.5 Å². The number of furan rings is 1. The summed E-state index contributed by atoms with van der Waals surface area (Å²) in [6.45, 7) is 0.114. The Morgan fingerprint density at radius 3 is 2.41 bits per heavy atom. The predicted octanol–water partition coefficient (Wildman–Crippen LogP) is -1.58. The third-order valence-corrected chi connectivity index (χ3v) is 1.85. The van der Waals surface area contributed by atoms with Crippen LogP contribution in [0, 0.1) is 0 Å². The van der Waals surface area contributed by atoms with Crippen LogP contribution in [0.3, 0.4) is 0 Å². The molecular weight excluding hydrogens is 228 g/mol. The van der Waals surface area contributed by atoms with Crippen LogP contribution in [-0.2, 0) is 16.1 Å². The van der Waals surface area contributed by atoms with Crippen LogP contribution in [-0.4, -0.2) is 23.9 Å². The van der Waals surface area contributed by atoms with Gasteiger partial charge in [-0.1, -0.05) is 0 Å². The van der Waals surface area contributed by atoms with Crippen molar-refractivity contribution in [1.82, 2.24) is 10.6 Å². The Morgan fingerprint density at radius 2 is 1.94 bits per heavy atom. The van der Waals surface area contributed by atoms with Crippen LogP contribution in [0.25, 0.3) is 0 Å². The SMILES string of the molecule is NC(=O)C(NC(=O)NCc1ccco1)C(N)=O. The second-order valence-corrected chi connectivity index (χ2v) is 3.14. The van der Waals surface area contributed by atoms with E-state index in [2.05, 4.69) is 5.32 Å². The van der Waals surface area contributed by atoms with Crippen molar-refractivity contribution in [2.24, 2.45) is 11.5 Å². The van der Waals surface area contributed by atoms with Gasteiger partial charge in [-0.15, -0.1) is 0 Å². The van der Waals surface area contributed by atoms with E-state index in [1.165, 1.54) is 6.26 Å². The van der Waals surface area contributed by atoms with Gasteiger partial charge in [0, 0.05) is 0 Å². The largest absolute Gasteiger partial charge is 0.467 e. The number of carbonyl (C=O) groups is 3. The molecule has 0 aromatic carbocycles. The average molecular weight is 240 g/mol. The smallest absolute Gasteiger partial charge is 0.316 e. The average Bonchev–Trinajstić information content (AvgIpc) is 2.74. The number of hydrogen-bond donors (Lipinski definition) is 4. The minimum Gasteiger partial charge on any atom is -0.467 e. The van der Waals surface area contributed by atoms with E-state index in [0.717, 1.165) is 0 Å². The Morgan fingerprint density at radius 1 is 1.29 bits per heavy atom.